The average Bonchev–Trinajstić information content (AvgIpc) is 2.27. The van der Waals surface area contributed by atoms with Crippen molar-refractivity contribution >= 4 is 21.6 Å². The van der Waals surface area contributed by atoms with E-state index in [1.165, 1.54) is 28.6 Å². The van der Waals surface area contributed by atoms with Gasteiger partial charge in [0.2, 0.25) is 0 Å². The molecule has 1 heterocycles. The number of nitrogens with zero attached hydrogens (tertiary/aromatic N) is 1. The van der Waals surface area contributed by atoms with Crippen LogP contribution in [0.2, 0.25) is 0 Å². The molecule has 0 aliphatic carbocycles. The number of rotatable bonds is 1. The van der Waals surface area contributed by atoms with Crippen molar-refractivity contribution in [1.82, 2.24) is 5.32 Å². The Morgan fingerprint density at radius 2 is 2.06 bits per heavy atom. The summed E-state index contributed by atoms with van der Waals surface area (Å²) in [6.45, 7) is 10.1. The van der Waals surface area contributed by atoms with Crippen LogP contribution in [0.3, 0.4) is 0 Å². The van der Waals surface area contributed by atoms with Gasteiger partial charge in [-0.25, -0.2) is 0 Å². The van der Waals surface area contributed by atoms with Gasteiger partial charge in [-0.2, -0.15) is 0 Å². The Morgan fingerprint density at radius 1 is 1.28 bits per heavy atom. The zero-order chi connectivity index (χ0) is 13.2. The maximum absolute atomic E-state index is 3.70. The van der Waals surface area contributed by atoms with Gasteiger partial charge >= 0.3 is 0 Å². The van der Waals surface area contributed by atoms with E-state index in [0.717, 1.165) is 19.6 Å². The minimum absolute atomic E-state index is 0.246. The summed E-state index contributed by atoms with van der Waals surface area (Å²) < 4.78 is 1.22. The number of benzene rings is 1. The molecule has 3 heteroatoms. The summed E-state index contributed by atoms with van der Waals surface area (Å²) in [6.07, 6.45) is 2.37. The van der Waals surface area contributed by atoms with E-state index >= 15 is 0 Å². The van der Waals surface area contributed by atoms with Crippen molar-refractivity contribution in [3.05, 3.63) is 28.2 Å². The smallest absolute Gasteiger partial charge is 0.0510 e. The molecule has 0 radical (unpaired) electrons. The van der Waals surface area contributed by atoms with E-state index in [2.05, 4.69) is 65.1 Å². The molecule has 100 valence electrons. The third-order valence-corrected chi connectivity index (χ3v) is 4.29. The SMILES string of the molecule is Cc1ccc(N2CCCNC(C)(C)CC2)c(Br)c1. The van der Waals surface area contributed by atoms with Gasteiger partial charge in [-0.05, 0) is 73.8 Å². The average molecular weight is 311 g/mol. The van der Waals surface area contributed by atoms with Crippen molar-refractivity contribution < 1.29 is 0 Å². The lowest BCUT2D eigenvalue weighted by atomic mass is 9.98. The molecule has 1 saturated heterocycles. The molecular formula is C15H23BrN2. The summed E-state index contributed by atoms with van der Waals surface area (Å²) in [7, 11) is 0. The number of halogens is 1. The van der Waals surface area contributed by atoms with E-state index < -0.39 is 0 Å². The molecule has 1 fully saturated rings. The van der Waals surface area contributed by atoms with E-state index in [4.69, 9.17) is 0 Å². The van der Waals surface area contributed by atoms with Crippen LogP contribution in [0.25, 0.3) is 0 Å². The Morgan fingerprint density at radius 3 is 2.78 bits per heavy atom. The van der Waals surface area contributed by atoms with Crippen LogP contribution in [0.5, 0.6) is 0 Å². The van der Waals surface area contributed by atoms with E-state index in [-0.39, 0.29) is 5.54 Å². The first-order valence-corrected chi connectivity index (χ1v) is 7.53. The molecule has 1 aromatic rings. The van der Waals surface area contributed by atoms with Gasteiger partial charge in [0.25, 0.3) is 0 Å². The molecule has 2 nitrogen and oxygen atoms in total. The molecule has 0 atom stereocenters. The van der Waals surface area contributed by atoms with Crippen molar-refractivity contribution in [3.8, 4) is 0 Å². The van der Waals surface area contributed by atoms with Crippen LogP contribution < -0.4 is 10.2 Å². The molecular weight excluding hydrogens is 288 g/mol. The minimum atomic E-state index is 0.246. The molecule has 0 aromatic heterocycles. The molecule has 0 unspecified atom stereocenters. The van der Waals surface area contributed by atoms with Crippen LogP contribution in [0.4, 0.5) is 5.69 Å². The molecule has 0 saturated carbocycles. The Bertz CT molecular complexity index is 415. The fraction of sp³-hybridized carbons (Fsp3) is 0.600. The van der Waals surface area contributed by atoms with Crippen LogP contribution in [0.15, 0.2) is 22.7 Å². The summed E-state index contributed by atoms with van der Waals surface area (Å²) in [6, 6.07) is 6.64. The largest absolute Gasteiger partial charge is 0.371 e. The summed E-state index contributed by atoms with van der Waals surface area (Å²) >= 11 is 3.70. The van der Waals surface area contributed by atoms with Gasteiger partial charge in [-0.3, -0.25) is 0 Å². The Balaban J connectivity index is 2.15. The van der Waals surface area contributed by atoms with E-state index in [0.29, 0.717) is 0 Å². The lowest BCUT2D eigenvalue weighted by Crippen LogP contribution is -2.46. The third kappa shape index (κ3) is 3.48. The molecule has 1 aromatic carbocycles. The lowest BCUT2D eigenvalue weighted by Gasteiger charge is -2.35. The van der Waals surface area contributed by atoms with Crippen LogP contribution in [-0.4, -0.2) is 25.2 Å². The first kappa shape index (κ1) is 13.9. The van der Waals surface area contributed by atoms with Crippen LogP contribution in [0.1, 0.15) is 32.3 Å². The molecule has 0 spiro atoms. The molecule has 1 aliphatic heterocycles. The Hall–Kier alpha value is -0.540. The van der Waals surface area contributed by atoms with E-state index in [1.54, 1.807) is 0 Å². The van der Waals surface area contributed by atoms with Gasteiger partial charge in [0.15, 0.2) is 0 Å². The zero-order valence-electron chi connectivity index (χ0n) is 11.6. The monoisotopic (exact) mass is 310 g/mol. The second-order valence-corrected chi connectivity index (χ2v) is 6.71. The molecule has 1 aliphatic rings. The van der Waals surface area contributed by atoms with Gasteiger partial charge < -0.3 is 10.2 Å². The highest BCUT2D eigenvalue weighted by molar-refractivity contribution is 9.10. The van der Waals surface area contributed by atoms with Crippen molar-refractivity contribution in [2.24, 2.45) is 0 Å². The van der Waals surface area contributed by atoms with Crippen molar-refractivity contribution in [3.63, 3.8) is 0 Å². The number of hydrogen-bond acceptors (Lipinski definition) is 2. The summed E-state index contributed by atoms with van der Waals surface area (Å²) in [5.74, 6) is 0. The van der Waals surface area contributed by atoms with Gasteiger partial charge in [0.1, 0.15) is 0 Å². The predicted octanol–water partition coefficient (Wildman–Crippen LogP) is 3.73. The first-order chi connectivity index (χ1) is 8.48. The second-order valence-electron chi connectivity index (χ2n) is 5.86. The maximum Gasteiger partial charge on any atom is 0.0510 e. The topological polar surface area (TPSA) is 15.3 Å². The van der Waals surface area contributed by atoms with Gasteiger partial charge in [-0.15, -0.1) is 0 Å². The van der Waals surface area contributed by atoms with Crippen LogP contribution >= 0.6 is 15.9 Å². The zero-order valence-corrected chi connectivity index (χ0v) is 13.2. The minimum Gasteiger partial charge on any atom is -0.371 e. The number of hydrogen-bond donors (Lipinski definition) is 1. The van der Waals surface area contributed by atoms with Crippen molar-refractivity contribution in [2.75, 3.05) is 24.5 Å². The summed E-state index contributed by atoms with van der Waals surface area (Å²) in [5.41, 5.74) is 2.88. The second kappa shape index (κ2) is 5.62. The van der Waals surface area contributed by atoms with Gasteiger partial charge in [0.05, 0.1) is 5.69 Å². The van der Waals surface area contributed by atoms with E-state index in [9.17, 15) is 0 Å². The molecule has 0 amide bonds. The normalized spacial score (nSPS) is 20.3. The maximum atomic E-state index is 3.70. The van der Waals surface area contributed by atoms with Gasteiger partial charge in [0, 0.05) is 23.1 Å². The highest BCUT2D eigenvalue weighted by atomic mass is 79.9. The van der Waals surface area contributed by atoms with Gasteiger partial charge in [-0.1, -0.05) is 6.07 Å². The first-order valence-electron chi connectivity index (χ1n) is 6.74. The molecule has 18 heavy (non-hydrogen) atoms. The summed E-state index contributed by atoms with van der Waals surface area (Å²) in [4.78, 5) is 2.51. The fourth-order valence-corrected chi connectivity index (χ4v) is 3.16. The molecule has 2 rings (SSSR count). The van der Waals surface area contributed by atoms with Crippen LogP contribution in [0, 0.1) is 6.92 Å². The quantitative estimate of drug-likeness (QED) is 0.850. The Kier molecular flexibility index (Phi) is 4.33. The number of anilines is 1. The highest BCUT2D eigenvalue weighted by Gasteiger charge is 2.21. The summed E-state index contributed by atoms with van der Waals surface area (Å²) in [5, 5.41) is 3.62. The highest BCUT2D eigenvalue weighted by Crippen LogP contribution is 2.28. The molecule has 1 N–H and O–H groups in total. The fourth-order valence-electron chi connectivity index (χ4n) is 2.42. The van der Waals surface area contributed by atoms with Crippen LogP contribution in [-0.2, 0) is 0 Å². The van der Waals surface area contributed by atoms with Crippen molar-refractivity contribution in [2.45, 2.75) is 39.2 Å². The molecule has 0 bridgehead atoms. The van der Waals surface area contributed by atoms with Crippen molar-refractivity contribution in [1.29, 1.82) is 0 Å². The standard InChI is InChI=1S/C15H23BrN2/c1-12-5-6-14(13(16)11-12)18-9-4-8-17-15(2,3)7-10-18/h5-6,11,17H,4,7-10H2,1-3H3. The number of nitrogens with one attached hydrogen (secondary N) is 1. The van der Waals surface area contributed by atoms with E-state index in [1.807, 2.05) is 0 Å². The number of aryl methyl sites for hydroxylation is 1. The predicted molar refractivity (Wildman–Crippen MR) is 82.4 cm³/mol. The lowest BCUT2D eigenvalue weighted by molar-refractivity contribution is 0.346. The third-order valence-electron chi connectivity index (χ3n) is 3.66. The Labute approximate surface area is 119 Å².